The zero-order chi connectivity index (χ0) is 88.2. The SMILES string of the molecule is CCCCc1nc(-c2ccc(C(=O)O)cc2)no1.CCCc1nc(-c2ccc(C(=O)O)cc2)no1.COc1cc(-c2nc(-c3ccc(C(=O)O)cc3)no2)cc(OC)c1OC.Cc1ccc(-c2nc(-c3ccc(C(=O)O)cc3)no2)cc1.Cc1ccccc1-c1nc(-c2ccc(C(=O)O)cc2)no1.O=C(O)c1ccc(-c2noc(Cc3ccccc3)n2)cc1. The number of carboxylic acid groups (broad SMARTS) is 6. The van der Waals surface area contributed by atoms with E-state index in [0.29, 0.717) is 110 Å². The predicted octanol–water partition coefficient (Wildman–Crippen LogP) is 18.1. The van der Waals surface area contributed by atoms with Crippen molar-refractivity contribution in [2.45, 2.75) is 66.2 Å². The molecule has 0 aliphatic carbocycles. The number of hydrogen-bond acceptors (Lipinski definition) is 27. The summed E-state index contributed by atoms with van der Waals surface area (Å²) in [6, 6.07) is 66.8. The Bertz CT molecular complexity index is 6220. The fraction of sp³-hybridized carbons (Fsp3) is 0.143. The first kappa shape index (κ1) is 88.1. The Kier molecular flexibility index (Phi) is 30.3. The minimum atomic E-state index is -0.997. The van der Waals surface area contributed by atoms with Gasteiger partial charge in [0.15, 0.2) is 11.5 Å². The Labute approximate surface area is 705 Å². The molecular weight excluding hydrogens is 1600 g/mol. The lowest BCUT2D eigenvalue weighted by atomic mass is 10.1. The summed E-state index contributed by atoms with van der Waals surface area (Å²) >= 11 is 0. The number of unbranched alkanes of at least 4 members (excludes halogenated alkanes) is 1. The number of hydrogen-bond donors (Lipinski definition) is 6. The van der Waals surface area contributed by atoms with Crippen LogP contribution in [0.25, 0.3) is 103 Å². The second-order valence-electron chi connectivity index (χ2n) is 26.7. The lowest BCUT2D eigenvalue weighted by molar-refractivity contribution is 0.0686. The highest BCUT2D eigenvalue weighted by molar-refractivity contribution is 5.91. The van der Waals surface area contributed by atoms with Crippen molar-refractivity contribution in [3.05, 3.63) is 304 Å². The Balaban J connectivity index is 0.000000146. The summed E-state index contributed by atoms with van der Waals surface area (Å²) in [5, 5.41) is 76.6. The number of aryl methyl sites for hydroxylation is 4. The van der Waals surface area contributed by atoms with E-state index < -0.39 is 35.8 Å². The molecule has 628 valence electrons. The van der Waals surface area contributed by atoms with Gasteiger partial charge in [-0.1, -0.05) is 190 Å². The molecule has 6 N–H and O–H groups in total. The molecule has 0 fully saturated rings. The topological polar surface area (TPSA) is 485 Å². The summed E-state index contributed by atoms with van der Waals surface area (Å²) in [6.07, 6.45) is 5.13. The van der Waals surface area contributed by atoms with E-state index in [2.05, 4.69) is 67.8 Å². The van der Waals surface area contributed by atoms with E-state index in [9.17, 15) is 28.8 Å². The van der Waals surface area contributed by atoms with Gasteiger partial charge in [0, 0.05) is 62.9 Å². The number of nitrogens with zero attached hydrogens (tertiary/aromatic N) is 12. The van der Waals surface area contributed by atoms with Gasteiger partial charge in [-0.15, -0.1) is 0 Å². The molecule has 16 aromatic rings. The smallest absolute Gasteiger partial charge is 0.335 e. The molecule has 10 aromatic carbocycles. The van der Waals surface area contributed by atoms with E-state index in [1.807, 2.05) is 99.6 Å². The van der Waals surface area contributed by atoms with Crippen LogP contribution in [0.5, 0.6) is 17.2 Å². The summed E-state index contributed by atoms with van der Waals surface area (Å²) in [6.45, 7) is 8.11. The largest absolute Gasteiger partial charge is 0.493 e. The van der Waals surface area contributed by atoms with Crippen molar-refractivity contribution < 1.29 is 101 Å². The van der Waals surface area contributed by atoms with Gasteiger partial charge in [-0.3, -0.25) is 0 Å². The third kappa shape index (κ3) is 23.8. The Morgan fingerprint density at radius 1 is 0.306 bits per heavy atom. The Morgan fingerprint density at radius 3 is 0.960 bits per heavy atom. The van der Waals surface area contributed by atoms with Crippen LogP contribution in [0, 0.1) is 13.8 Å². The van der Waals surface area contributed by atoms with Crippen LogP contribution >= 0.6 is 0 Å². The molecule has 6 heterocycles. The van der Waals surface area contributed by atoms with Crippen LogP contribution in [0.1, 0.15) is 130 Å². The summed E-state index contributed by atoms with van der Waals surface area (Å²) in [7, 11) is 4.56. The number of benzene rings is 10. The maximum Gasteiger partial charge on any atom is 0.335 e. The van der Waals surface area contributed by atoms with Gasteiger partial charge >= 0.3 is 35.8 Å². The minimum absolute atomic E-state index is 0.182. The van der Waals surface area contributed by atoms with Crippen LogP contribution in [0.3, 0.4) is 0 Å². The maximum atomic E-state index is 10.9. The van der Waals surface area contributed by atoms with Gasteiger partial charge in [0.05, 0.1) is 61.1 Å². The fourth-order valence-corrected chi connectivity index (χ4v) is 11.4. The predicted molar refractivity (Wildman–Crippen MR) is 447 cm³/mol. The number of aromatic carboxylic acids is 6. The highest BCUT2D eigenvalue weighted by Gasteiger charge is 2.21. The van der Waals surface area contributed by atoms with E-state index >= 15 is 0 Å². The van der Waals surface area contributed by atoms with E-state index in [-0.39, 0.29) is 39.3 Å². The Hall–Kier alpha value is -16.7. The van der Waals surface area contributed by atoms with Gasteiger partial charge in [-0.2, -0.15) is 29.9 Å². The average molecular weight is 1680 g/mol. The van der Waals surface area contributed by atoms with Crippen LogP contribution in [0.4, 0.5) is 0 Å². The number of methoxy groups -OCH3 is 3. The highest BCUT2D eigenvalue weighted by atomic mass is 16.5. The Morgan fingerprint density at radius 2 is 0.613 bits per heavy atom. The fourth-order valence-electron chi connectivity index (χ4n) is 11.4. The van der Waals surface area contributed by atoms with Crippen LogP contribution < -0.4 is 14.2 Å². The van der Waals surface area contributed by atoms with Crippen molar-refractivity contribution in [3.8, 4) is 120 Å². The summed E-state index contributed by atoms with van der Waals surface area (Å²) in [5.74, 6) is 1.17. The molecule has 0 atom stereocenters. The molecule has 0 aliphatic rings. The molecule has 0 amide bonds. The second kappa shape index (κ2) is 42.6. The van der Waals surface area contributed by atoms with Gasteiger partial charge in [-0.05, 0) is 141 Å². The van der Waals surface area contributed by atoms with E-state index in [4.69, 9.17) is 72.0 Å². The zero-order valence-electron chi connectivity index (χ0n) is 67.4. The van der Waals surface area contributed by atoms with Crippen LogP contribution in [0.2, 0.25) is 0 Å². The van der Waals surface area contributed by atoms with Crippen LogP contribution in [-0.4, -0.2) is 149 Å². The van der Waals surface area contributed by atoms with Gasteiger partial charge in [0.25, 0.3) is 17.7 Å². The number of rotatable bonds is 25. The van der Waals surface area contributed by atoms with Crippen molar-refractivity contribution >= 4 is 35.8 Å². The molecule has 0 bridgehead atoms. The molecule has 124 heavy (non-hydrogen) atoms. The molecule has 6 aromatic heterocycles. The zero-order valence-corrected chi connectivity index (χ0v) is 67.4. The first-order valence-corrected chi connectivity index (χ1v) is 38.0. The molecule has 0 saturated carbocycles. The lowest BCUT2D eigenvalue weighted by Crippen LogP contribution is -1.96. The molecule has 0 radical (unpaired) electrons. The number of ether oxygens (including phenoxy) is 3. The van der Waals surface area contributed by atoms with Crippen molar-refractivity contribution in [2.24, 2.45) is 0 Å². The number of aromatic nitrogens is 12. The van der Waals surface area contributed by atoms with E-state index in [1.165, 1.54) is 94.1 Å². The summed E-state index contributed by atoms with van der Waals surface area (Å²) < 4.78 is 47.2. The molecule has 16 rings (SSSR count). The van der Waals surface area contributed by atoms with Gasteiger partial charge in [0.2, 0.25) is 58.4 Å². The number of carbonyl (C=O) groups is 6. The third-order valence-electron chi connectivity index (χ3n) is 18.0. The minimum Gasteiger partial charge on any atom is -0.493 e. The molecule has 0 spiro atoms. The normalized spacial score (nSPS) is 10.5. The third-order valence-corrected chi connectivity index (χ3v) is 18.0. The van der Waals surface area contributed by atoms with E-state index in [0.717, 1.165) is 76.6 Å². The van der Waals surface area contributed by atoms with Crippen molar-refractivity contribution in [1.29, 1.82) is 0 Å². The average Bonchev–Trinajstić information content (AvgIpc) is 1.55. The van der Waals surface area contributed by atoms with Crippen LogP contribution in [-0.2, 0) is 19.3 Å². The molecular formula is C91H78N12O21. The maximum absolute atomic E-state index is 10.9. The monoisotopic (exact) mass is 1670 g/mol. The van der Waals surface area contributed by atoms with Crippen molar-refractivity contribution in [2.75, 3.05) is 21.3 Å². The molecule has 0 unspecified atom stereocenters. The standard InChI is InChI=1S/C18H16N2O6.3C16H12N2O3.C13H14N2O3.C12H12N2O3/c1-23-13-8-12(9-14(24-2)15(13)25-3)17-19-16(20-26-17)10-4-6-11(7-5-10)18(21)22;1-10-2-4-12(5-3-10)15-17-14(18-21-15)11-6-8-13(9-7-11)16(19)20;1-10-4-2-3-5-13(10)15-17-14(18-21-15)11-6-8-12(9-7-11)16(19)20;19-16(20)13-8-6-12(7-9-13)15-17-14(21-18-15)10-11-4-2-1-3-5-11;1-2-3-4-11-14-12(15-18-11)9-5-7-10(8-6-9)13(16)17;1-2-3-10-13-11(14-17-10)8-4-6-9(7-5-8)12(15)16/h4-9H,1-3H3,(H,21,22);2*2-9H,1H3,(H,19,20);1-9H,10H2,(H,19,20);5-8H,2-4H2,1H3,(H,16,17);4-7H,2-3H2,1H3,(H,15,16). The van der Waals surface area contributed by atoms with Crippen molar-refractivity contribution in [3.63, 3.8) is 0 Å². The van der Waals surface area contributed by atoms with Crippen molar-refractivity contribution in [1.82, 2.24) is 60.8 Å². The molecule has 33 nitrogen and oxygen atoms in total. The van der Waals surface area contributed by atoms with Gasteiger partial charge in [-0.25, -0.2) is 28.8 Å². The summed E-state index contributed by atoms with van der Waals surface area (Å²) in [5.41, 5.74) is 11.3. The van der Waals surface area contributed by atoms with Gasteiger partial charge < -0.3 is 72.0 Å². The first-order valence-electron chi connectivity index (χ1n) is 38.0. The number of carboxylic acids is 6. The lowest BCUT2D eigenvalue weighted by Gasteiger charge is -2.12. The van der Waals surface area contributed by atoms with Crippen LogP contribution in [0.15, 0.2) is 264 Å². The quantitative estimate of drug-likeness (QED) is 0.0309. The molecule has 33 heteroatoms. The first-order chi connectivity index (χ1) is 60.0. The highest BCUT2D eigenvalue weighted by Crippen LogP contribution is 2.41. The van der Waals surface area contributed by atoms with E-state index in [1.54, 1.807) is 84.9 Å². The molecule has 0 saturated heterocycles. The van der Waals surface area contributed by atoms with Gasteiger partial charge in [0.1, 0.15) is 0 Å². The second-order valence-corrected chi connectivity index (χ2v) is 26.7. The summed E-state index contributed by atoms with van der Waals surface area (Å²) in [4.78, 5) is 90.6. The molecule has 0 aliphatic heterocycles.